The van der Waals surface area contributed by atoms with E-state index < -0.39 is 0 Å². The highest BCUT2D eigenvalue weighted by Crippen LogP contribution is 2.20. The number of phenolic OH excluding ortho intramolecular Hbond substituents is 1. The fourth-order valence-electron chi connectivity index (χ4n) is 1.70. The number of nitrogens with one attached hydrogen (secondary N) is 1. The molecule has 0 spiro atoms. The number of nitrogens with two attached hydrogens (primary N) is 1. The first-order valence-corrected chi connectivity index (χ1v) is 6.86. The molecule has 100 valence electrons. The van der Waals surface area contributed by atoms with Crippen LogP contribution in [-0.2, 0) is 13.0 Å². The van der Waals surface area contributed by atoms with Gasteiger partial charge < -0.3 is 16.2 Å². The molecule has 1 amide bonds. The molecule has 1 aromatic carbocycles. The lowest BCUT2D eigenvalue weighted by Gasteiger charge is -2.07. The van der Waals surface area contributed by atoms with Crippen molar-refractivity contribution < 1.29 is 9.90 Å². The Labute approximate surface area is 115 Å². The molecule has 1 aromatic heterocycles. The van der Waals surface area contributed by atoms with Gasteiger partial charge in [0.05, 0.1) is 4.88 Å². The van der Waals surface area contributed by atoms with Gasteiger partial charge in [-0.05, 0) is 36.8 Å². The van der Waals surface area contributed by atoms with E-state index in [0.29, 0.717) is 16.1 Å². The van der Waals surface area contributed by atoms with Crippen LogP contribution in [0.2, 0.25) is 0 Å². The van der Waals surface area contributed by atoms with Gasteiger partial charge in [0.1, 0.15) is 5.75 Å². The monoisotopic (exact) mass is 276 g/mol. The van der Waals surface area contributed by atoms with E-state index in [1.54, 1.807) is 12.1 Å². The molecule has 2 rings (SSSR count). The number of rotatable bonds is 4. The van der Waals surface area contributed by atoms with Gasteiger partial charge in [-0.3, -0.25) is 4.79 Å². The van der Waals surface area contributed by atoms with Crippen molar-refractivity contribution in [2.45, 2.75) is 19.9 Å². The number of amides is 1. The van der Waals surface area contributed by atoms with Gasteiger partial charge in [-0.25, -0.2) is 0 Å². The molecule has 0 saturated carbocycles. The van der Waals surface area contributed by atoms with Gasteiger partial charge in [0.15, 0.2) is 0 Å². The third kappa shape index (κ3) is 3.26. The second-order valence-corrected chi connectivity index (χ2v) is 5.36. The Morgan fingerprint density at radius 3 is 2.84 bits per heavy atom. The Bertz CT molecular complexity index is 593. The third-order valence-corrected chi connectivity index (χ3v) is 4.01. The Morgan fingerprint density at radius 1 is 1.37 bits per heavy atom. The number of carbonyl (C=O) groups is 1. The van der Waals surface area contributed by atoms with Gasteiger partial charge in [-0.2, -0.15) is 0 Å². The quantitative estimate of drug-likeness (QED) is 0.593. The fraction of sp³-hybridized carbons (Fsp3) is 0.214. The molecular formula is C14H16N2O2S. The number of hydrogen-bond donors (Lipinski definition) is 3. The van der Waals surface area contributed by atoms with Gasteiger partial charge in [0.25, 0.3) is 5.91 Å². The van der Waals surface area contributed by atoms with Crippen molar-refractivity contribution in [2.24, 2.45) is 0 Å². The standard InChI is InChI=1S/C14H16N2O2S/c1-2-11-4-6-13(19-11)14(18)16-8-9-7-10(15)3-5-12(9)17/h3-7,17H,2,8,15H2,1H3,(H,16,18). The van der Waals surface area contributed by atoms with Crippen LogP contribution in [0.15, 0.2) is 30.3 Å². The maximum atomic E-state index is 11.9. The SMILES string of the molecule is CCc1ccc(C(=O)NCc2cc(N)ccc2O)s1. The van der Waals surface area contributed by atoms with Crippen molar-refractivity contribution in [3.05, 3.63) is 45.6 Å². The normalized spacial score (nSPS) is 10.4. The van der Waals surface area contributed by atoms with Crippen molar-refractivity contribution in [3.63, 3.8) is 0 Å². The lowest BCUT2D eigenvalue weighted by Crippen LogP contribution is -2.21. The summed E-state index contributed by atoms with van der Waals surface area (Å²) in [5.41, 5.74) is 6.82. The number of thiophene rings is 1. The lowest BCUT2D eigenvalue weighted by molar-refractivity contribution is 0.0955. The Balaban J connectivity index is 2.02. The largest absolute Gasteiger partial charge is 0.508 e. The highest BCUT2D eigenvalue weighted by Gasteiger charge is 2.09. The predicted octanol–water partition coefficient (Wildman–Crippen LogP) is 2.53. The molecule has 0 saturated heterocycles. The highest BCUT2D eigenvalue weighted by atomic mass is 32.1. The van der Waals surface area contributed by atoms with Crippen molar-refractivity contribution in [2.75, 3.05) is 5.73 Å². The molecule has 1 heterocycles. The van der Waals surface area contributed by atoms with Gasteiger partial charge in [-0.1, -0.05) is 6.92 Å². The molecule has 4 N–H and O–H groups in total. The van der Waals surface area contributed by atoms with E-state index in [9.17, 15) is 9.90 Å². The summed E-state index contributed by atoms with van der Waals surface area (Å²) in [6.07, 6.45) is 0.925. The summed E-state index contributed by atoms with van der Waals surface area (Å²) in [5.74, 6) is 0.00134. The van der Waals surface area contributed by atoms with Crippen molar-refractivity contribution in [1.82, 2.24) is 5.32 Å². The van der Waals surface area contributed by atoms with Crippen LogP contribution in [0.25, 0.3) is 0 Å². The van der Waals surface area contributed by atoms with Crippen LogP contribution in [0.4, 0.5) is 5.69 Å². The molecule has 2 aromatic rings. The van der Waals surface area contributed by atoms with Crippen LogP contribution in [0.5, 0.6) is 5.75 Å². The van der Waals surface area contributed by atoms with E-state index in [0.717, 1.165) is 6.42 Å². The number of aromatic hydroxyl groups is 1. The second-order valence-electron chi connectivity index (χ2n) is 4.19. The van der Waals surface area contributed by atoms with Crippen molar-refractivity contribution >= 4 is 22.9 Å². The first-order chi connectivity index (χ1) is 9.10. The number of nitrogen functional groups attached to an aromatic ring is 1. The Morgan fingerprint density at radius 2 is 2.16 bits per heavy atom. The summed E-state index contributed by atoms with van der Waals surface area (Å²) >= 11 is 1.48. The summed E-state index contributed by atoms with van der Waals surface area (Å²) in [4.78, 5) is 13.8. The minimum Gasteiger partial charge on any atom is -0.508 e. The van der Waals surface area contributed by atoms with Crippen LogP contribution < -0.4 is 11.1 Å². The predicted molar refractivity (Wildman–Crippen MR) is 77.4 cm³/mol. The van der Waals surface area contributed by atoms with Gasteiger partial charge in [0.2, 0.25) is 0 Å². The first-order valence-electron chi connectivity index (χ1n) is 6.04. The molecule has 0 aliphatic carbocycles. The summed E-state index contributed by atoms with van der Waals surface area (Å²) in [6.45, 7) is 2.31. The zero-order valence-corrected chi connectivity index (χ0v) is 11.5. The van der Waals surface area contributed by atoms with E-state index in [1.807, 2.05) is 12.1 Å². The van der Waals surface area contributed by atoms with Gasteiger partial charge in [0, 0.05) is 22.7 Å². The van der Waals surface area contributed by atoms with Crippen LogP contribution >= 0.6 is 11.3 Å². The first kappa shape index (κ1) is 13.4. The second kappa shape index (κ2) is 5.75. The average Bonchev–Trinajstić information content (AvgIpc) is 2.88. The number of aryl methyl sites for hydroxylation is 1. The summed E-state index contributed by atoms with van der Waals surface area (Å²) in [5, 5.41) is 12.4. The fourth-order valence-corrected chi connectivity index (χ4v) is 2.56. The highest BCUT2D eigenvalue weighted by molar-refractivity contribution is 7.14. The molecular weight excluding hydrogens is 260 g/mol. The molecule has 0 aliphatic rings. The zero-order chi connectivity index (χ0) is 13.8. The summed E-state index contributed by atoms with van der Waals surface area (Å²) in [7, 11) is 0. The minimum absolute atomic E-state index is 0.133. The van der Waals surface area contributed by atoms with E-state index >= 15 is 0 Å². The van der Waals surface area contributed by atoms with Crippen LogP contribution in [-0.4, -0.2) is 11.0 Å². The number of phenols is 1. The van der Waals surface area contributed by atoms with Crippen LogP contribution in [0.3, 0.4) is 0 Å². The lowest BCUT2D eigenvalue weighted by atomic mass is 10.2. The molecule has 0 aliphatic heterocycles. The molecule has 0 atom stereocenters. The number of benzene rings is 1. The molecule has 0 unspecified atom stereocenters. The molecule has 0 radical (unpaired) electrons. The van der Waals surface area contributed by atoms with E-state index in [4.69, 9.17) is 5.73 Å². The number of hydrogen-bond acceptors (Lipinski definition) is 4. The number of carbonyl (C=O) groups excluding carboxylic acids is 1. The summed E-state index contributed by atoms with van der Waals surface area (Å²) in [6, 6.07) is 8.57. The van der Waals surface area contributed by atoms with Crippen LogP contribution in [0.1, 0.15) is 27.0 Å². The maximum Gasteiger partial charge on any atom is 0.261 e. The Hall–Kier alpha value is -2.01. The smallest absolute Gasteiger partial charge is 0.261 e. The van der Waals surface area contributed by atoms with Gasteiger partial charge >= 0.3 is 0 Å². The van der Waals surface area contributed by atoms with Gasteiger partial charge in [-0.15, -0.1) is 11.3 Å². The topological polar surface area (TPSA) is 75.4 Å². The zero-order valence-electron chi connectivity index (χ0n) is 10.6. The maximum absolute atomic E-state index is 11.9. The Kier molecular flexibility index (Phi) is 4.06. The third-order valence-electron chi connectivity index (χ3n) is 2.78. The molecule has 19 heavy (non-hydrogen) atoms. The van der Waals surface area contributed by atoms with E-state index in [2.05, 4.69) is 12.2 Å². The molecule has 0 bridgehead atoms. The molecule has 4 nitrogen and oxygen atoms in total. The van der Waals surface area contributed by atoms with Crippen molar-refractivity contribution in [3.8, 4) is 5.75 Å². The van der Waals surface area contributed by atoms with E-state index in [-0.39, 0.29) is 18.2 Å². The van der Waals surface area contributed by atoms with Crippen molar-refractivity contribution in [1.29, 1.82) is 0 Å². The summed E-state index contributed by atoms with van der Waals surface area (Å²) < 4.78 is 0. The molecule has 0 fully saturated rings. The number of anilines is 1. The minimum atomic E-state index is -0.133. The van der Waals surface area contributed by atoms with E-state index in [1.165, 1.54) is 22.3 Å². The average molecular weight is 276 g/mol. The molecule has 5 heteroatoms. The van der Waals surface area contributed by atoms with Crippen LogP contribution in [0, 0.1) is 0 Å².